The average molecular weight is 384 g/mol. The molecule has 0 unspecified atom stereocenters. The molecule has 1 N–H and O–H groups in total. The van der Waals surface area contributed by atoms with E-state index in [1.54, 1.807) is 30.3 Å². The number of ether oxygens (including phenoxy) is 1. The van der Waals surface area contributed by atoms with Gasteiger partial charge in [0.1, 0.15) is 5.75 Å². The molecule has 0 aromatic heterocycles. The summed E-state index contributed by atoms with van der Waals surface area (Å²) in [6.07, 6.45) is 1.76. The summed E-state index contributed by atoms with van der Waals surface area (Å²) in [5.74, 6) is -0.398. The highest BCUT2D eigenvalue weighted by molar-refractivity contribution is 8.26. The van der Waals surface area contributed by atoms with E-state index in [4.69, 9.17) is 17.0 Å². The molecule has 0 radical (unpaired) electrons. The largest absolute Gasteiger partial charge is 0.496 e. The molecule has 132 valence electrons. The Balaban J connectivity index is 1.79. The first-order valence-electron chi connectivity index (χ1n) is 7.78. The molecule has 1 saturated heterocycles. The third-order valence-electron chi connectivity index (χ3n) is 3.73. The number of benzene rings is 2. The number of carbonyl (C=O) groups is 2. The Hall–Kier alpha value is -2.64. The van der Waals surface area contributed by atoms with E-state index in [0.717, 1.165) is 27.9 Å². The van der Waals surface area contributed by atoms with Crippen molar-refractivity contribution in [3.63, 3.8) is 0 Å². The van der Waals surface area contributed by atoms with Gasteiger partial charge in [-0.25, -0.2) is 0 Å². The van der Waals surface area contributed by atoms with Gasteiger partial charge in [-0.15, -0.1) is 0 Å². The van der Waals surface area contributed by atoms with Gasteiger partial charge in [0.25, 0.3) is 11.8 Å². The van der Waals surface area contributed by atoms with Crippen LogP contribution in [-0.2, 0) is 4.79 Å². The standard InChI is InChI=1S/C19H16N2O3S2/c1-12-7-9-13(10-8-12)11-16-18(23)21(19(25)26-16)20-17(22)14-5-3-4-6-15(14)24-2/h3-11H,1-2H3,(H,20,22)/b16-11+. The number of carbonyl (C=O) groups excluding carboxylic acids is 2. The van der Waals surface area contributed by atoms with Crippen molar-refractivity contribution in [2.45, 2.75) is 6.92 Å². The van der Waals surface area contributed by atoms with Crippen LogP contribution in [0.3, 0.4) is 0 Å². The van der Waals surface area contributed by atoms with Crippen molar-refractivity contribution >= 4 is 46.2 Å². The molecule has 0 aliphatic carbocycles. The number of hydrazine groups is 1. The van der Waals surface area contributed by atoms with Crippen molar-refractivity contribution in [2.75, 3.05) is 7.11 Å². The summed E-state index contributed by atoms with van der Waals surface area (Å²) in [4.78, 5) is 25.6. The molecule has 26 heavy (non-hydrogen) atoms. The minimum absolute atomic E-state index is 0.275. The maximum Gasteiger partial charge on any atom is 0.285 e. The number of amides is 2. The smallest absolute Gasteiger partial charge is 0.285 e. The summed E-state index contributed by atoms with van der Waals surface area (Å²) in [6.45, 7) is 2.00. The zero-order valence-corrected chi connectivity index (χ0v) is 15.8. The van der Waals surface area contributed by atoms with Crippen LogP contribution in [0.5, 0.6) is 5.75 Å². The predicted octanol–water partition coefficient (Wildman–Crippen LogP) is 3.55. The Morgan fingerprint density at radius 2 is 1.88 bits per heavy atom. The first kappa shape index (κ1) is 18.2. The molecule has 1 aliphatic rings. The van der Waals surface area contributed by atoms with Gasteiger partial charge in [-0.1, -0.05) is 53.7 Å². The molecule has 2 amide bonds. The number of methoxy groups -OCH3 is 1. The Bertz CT molecular complexity index is 907. The van der Waals surface area contributed by atoms with Crippen molar-refractivity contribution in [3.8, 4) is 5.75 Å². The Morgan fingerprint density at radius 3 is 2.58 bits per heavy atom. The number of hydrogen-bond acceptors (Lipinski definition) is 5. The van der Waals surface area contributed by atoms with Gasteiger partial charge in [-0.2, -0.15) is 5.01 Å². The van der Waals surface area contributed by atoms with Crippen molar-refractivity contribution in [1.29, 1.82) is 0 Å². The lowest BCUT2D eigenvalue weighted by molar-refractivity contribution is -0.123. The second-order valence-electron chi connectivity index (χ2n) is 5.57. The van der Waals surface area contributed by atoms with Crippen LogP contribution in [0.15, 0.2) is 53.4 Å². The minimum atomic E-state index is -0.463. The molecule has 2 aromatic carbocycles. The lowest BCUT2D eigenvalue weighted by atomic mass is 10.1. The quantitative estimate of drug-likeness (QED) is 0.645. The van der Waals surface area contributed by atoms with Crippen LogP contribution in [0.4, 0.5) is 0 Å². The van der Waals surface area contributed by atoms with Gasteiger partial charge in [0.2, 0.25) is 0 Å². The fourth-order valence-corrected chi connectivity index (χ4v) is 3.55. The van der Waals surface area contributed by atoms with E-state index in [1.807, 2.05) is 31.2 Å². The van der Waals surface area contributed by atoms with E-state index >= 15 is 0 Å². The van der Waals surface area contributed by atoms with Gasteiger partial charge >= 0.3 is 0 Å². The predicted molar refractivity (Wildman–Crippen MR) is 107 cm³/mol. The number of hydrogen-bond donors (Lipinski definition) is 1. The van der Waals surface area contributed by atoms with Crippen LogP contribution in [0.1, 0.15) is 21.5 Å². The van der Waals surface area contributed by atoms with Crippen LogP contribution in [0, 0.1) is 6.92 Å². The van der Waals surface area contributed by atoms with E-state index in [-0.39, 0.29) is 10.2 Å². The van der Waals surface area contributed by atoms with Crippen molar-refractivity contribution < 1.29 is 14.3 Å². The highest BCUT2D eigenvalue weighted by Crippen LogP contribution is 2.31. The van der Waals surface area contributed by atoms with Gasteiger partial charge < -0.3 is 4.74 Å². The Labute approximate surface area is 161 Å². The number of thioether (sulfide) groups is 1. The molecule has 2 aromatic rings. The molecule has 1 heterocycles. The second-order valence-corrected chi connectivity index (χ2v) is 7.24. The van der Waals surface area contributed by atoms with Crippen molar-refractivity contribution in [1.82, 2.24) is 10.4 Å². The zero-order chi connectivity index (χ0) is 18.7. The molecule has 7 heteroatoms. The van der Waals surface area contributed by atoms with Crippen LogP contribution >= 0.6 is 24.0 Å². The number of thiocarbonyl (C=S) groups is 1. The first-order chi connectivity index (χ1) is 12.5. The molecule has 1 fully saturated rings. The van der Waals surface area contributed by atoms with Crippen LogP contribution < -0.4 is 10.2 Å². The molecule has 1 aliphatic heterocycles. The second kappa shape index (κ2) is 7.72. The highest BCUT2D eigenvalue weighted by atomic mass is 32.2. The lowest BCUT2D eigenvalue weighted by Crippen LogP contribution is -2.44. The minimum Gasteiger partial charge on any atom is -0.496 e. The van der Waals surface area contributed by atoms with E-state index in [9.17, 15) is 9.59 Å². The molecule has 0 saturated carbocycles. The number of nitrogens with zero attached hydrogens (tertiary/aromatic N) is 1. The fraction of sp³-hybridized carbons (Fsp3) is 0.105. The maximum atomic E-state index is 12.6. The normalized spacial score (nSPS) is 15.5. The summed E-state index contributed by atoms with van der Waals surface area (Å²) in [7, 11) is 1.48. The topological polar surface area (TPSA) is 58.6 Å². The van der Waals surface area contributed by atoms with Crippen molar-refractivity contribution in [2.24, 2.45) is 0 Å². The molecule has 5 nitrogen and oxygen atoms in total. The van der Waals surface area contributed by atoms with Gasteiger partial charge in [0.05, 0.1) is 17.6 Å². The molecular formula is C19H16N2O3S2. The van der Waals surface area contributed by atoms with E-state index in [0.29, 0.717) is 16.2 Å². The monoisotopic (exact) mass is 384 g/mol. The Morgan fingerprint density at radius 1 is 1.19 bits per heavy atom. The SMILES string of the molecule is COc1ccccc1C(=O)NN1C(=O)/C(=C\c2ccc(C)cc2)SC1=S. The third-order valence-corrected chi connectivity index (χ3v) is 5.04. The Kier molecular flexibility index (Phi) is 5.39. The van der Waals surface area contributed by atoms with Crippen LogP contribution in [-0.4, -0.2) is 28.3 Å². The summed E-state index contributed by atoms with van der Waals surface area (Å²) >= 11 is 6.39. The number of rotatable bonds is 4. The van der Waals surface area contributed by atoms with E-state index in [2.05, 4.69) is 5.43 Å². The van der Waals surface area contributed by atoms with Gasteiger partial charge in [0, 0.05) is 0 Å². The average Bonchev–Trinajstić information content (AvgIpc) is 2.91. The van der Waals surface area contributed by atoms with Crippen LogP contribution in [0.2, 0.25) is 0 Å². The summed E-state index contributed by atoms with van der Waals surface area (Å²) in [5.41, 5.74) is 4.92. The van der Waals surface area contributed by atoms with Crippen LogP contribution in [0.25, 0.3) is 6.08 Å². The molecule has 0 atom stereocenters. The summed E-state index contributed by atoms with van der Waals surface area (Å²) < 4.78 is 5.46. The molecular weight excluding hydrogens is 368 g/mol. The molecule has 0 spiro atoms. The highest BCUT2D eigenvalue weighted by Gasteiger charge is 2.34. The fourth-order valence-electron chi connectivity index (χ4n) is 2.37. The van der Waals surface area contributed by atoms with E-state index < -0.39 is 5.91 Å². The third kappa shape index (κ3) is 3.79. The molecule has 0 bridgehead atoms. The number of aryl methyl sites for hydroxylation is 1. The first-order valence-corrected chi connectivity index (χ1v) is 9.00. The van der Waals surface area contributed by atoms with Gasteiger partial charge in [-0.3, -0.25) is 15.0 Å². The molecule has 3 rings (SSSR count). The van der Waals surface area contributed by atoms with Gasteiger partial charge in [-0.05, 0) is 42.9 Å². The van der Waals surface area contributed by atoms with Gasteiger partial charge in [0.15, 0.2) is 4.32 Å². The number of nitrogens with one attached hydrogen (secondary N) is 1. The number of para-hydroxylation sites is 1. The zero-order valence-electron chi connectivity index (χ0n) is 14.2. The van der Waals surface area contributed by atoms with E-state index in [1.165, 1.54) is 7.11 Å². The van der Waals surface area contributed by atoms with Crippen molar-refractivity contribution in [3.05, 3.63) is 70.1 Å². The summed E-state index contributed by atoms with van der Waals surface area (Å²) in [6, 6.07) is 14.6. The maximum absolute atomic E-state index is 12.6. The lowest BCUT2D eigenvalue weighted by Gasteiger charge is -2.16. The summed E-state index contributed by atoms with van der Waals surface area (Å²) in [5, 5.41) is 1.09.